The second-order valence-electron chi connectivity index (χ2n) is 3.08. The molecule has 0 aliphatic carbocycles. The molecule has 0 aliphatic heterocycles. The minimum Gasteiger partial charge on any atom is -0.361 e. The third-order valence-electron chi connectivity index (χ3n) is 1.88. The Balaban J connectivity index is 2.08. The van der Waals surface area contributed by atoms with Crippen LogP contribution in [0.2, 0.25) is 0 Å². The van der Waals surface area contributed by atoms with E-state index in [0.717, 1.165) is 9.88 Å². The van der Waals surface area contributed by atoms with E-state index in [-0.39, 0.29) is 0 Å². The first-order chi connectivity index (χ1) is 7.79. The Hall–Kier alpha value is -2.00. The monoisotopic (exact) mass is 231 g/mol. The predicted molar refractivity (Wildman–Crippen MR) is 60.9 cm³/mol. The van der Waals surface area contributed by atoms with Gasteiger partial charge in [-0.25, -0.2) is 15.0 Å². The van der Waals surface area contributed by atoms with Gasteiger partial charge >= 0.3 is 0 Å². The van der Waals surface area contributed by atoms with Crippen LogP contribution in [0.5, 0.6) is 0 Å². The molecule has 2 rings (SSSR count). The number of hydrogen-bond donors (Lipinski definition) is 1. The molecule has 0 fully saturated rings. The van der Waals surface area contributed by atoms with Crippen LogP contribution in [0, 0.1) is 18.3 Å². The maximum absolute atomic E-state index is 8.81. The zero-order valence-corrected chi connectivity index (χ0v) is 9.45. The van der Waals surface area contributed by atoms with Crippen molar-refractivity contribution >= 4 is 17.2 Å². The third kappa shape index (κ3) is 2.32. The van der Waals surface area contributed by atoms with E-state index in [1.807, 2.05) is 19.2 Å². The van der Waals surface area contributed by atoms with Crippen molar-refractivity contribution < 1.29 is 0 Å². The Bertz CT molecular complexity index is 528. The molecule has 2 aromatic heterocycles. The van der Waals surface area contributed by atoms with Crippen molar-refractivity contribution in [2.24, 2.45) is 0 Å². The Morgan fingerprint density at radius 2 is 2.19 bits per heavy atom. The quantitative estimate of drug-likeness (QED) is 0.870. The van der Waals surface area contributed by atoms with Gasteiger partial charge in [0, 0.05) is 23.5 Å². The van der Waals surface area contributed by atoms with Crippen LogP contribution in [0.15, 0.2) is 18.6 Å². The van der Waals surface area contributed by atoms with Gasteiger partial charge in [0.15, 0.2) is 11.5 Å². The Labute approximate surface area is 96.8 Å². The zero-order chi connectivity index (χ0) is 11.4. The summed E-state index contributed by atoms with van der Waals surface area (Å²) in [6.07, 6.45) is 4.87. The number of nitriles is 1. The summed E-state index contributed by atoms with van der Waals surface area (Å²) in [4.78, 5) is 13.3. The highest BCUT2D eigenvalue weighted by molar-refractivity contribution is 7.11. The summed E-state index contributed by atoms with van der Waals surface area (Å²) in [6, 6.07) is 1.98. The second kappa shape index (κ2) is 4.68. The van der Waals surface area contributed by atoms with Gasteiger partial charge in [-0.05, 0) is 6.92 Å². The highest BCUT2D eigenvalue weighted by Crippen LogP contribution is 2.13. The van der Waals surface area contributed by atoms with Crippen LogP contribution in [0.25, 0.3) is 0 Å². The maximum atomic E-state index is 8.81. The average molecular weight is 231 g/mol. The smallest absolute Gasteiger partial charge is 0.182 e. The lowest BCUT2D eigenvalue weighted by Gasteiger charge is -2.03. The lowest BCUT2D eigenvalue weighted by atomic mass is 10.4. The van der Waals surface area contributed by atoms with E-state index in [0.29, 0.717) is 18.1 Å². The number of anilines is 1. The Morgan fingerprint density at radius 3 is 2.88 bits per heavy atom. The molecule has 2 aromatic rings. The fourth-order valence-electron chi connectivity index (χ4n) is 1.19. The largest absolute Gasteiger partial charge is 0.361 e. The molecule has 16 heavy (non-hydrogen) atoms. The minimum absolute atomic E-state index is 0.302. The summed E-state index contributed by atoms with van der Waals surface area (Å²) in [7, 11) is 0. The summed E-state index contributed by atoms with van der Waals surface area (Å²) in [5.41, 5.74) is 0.302. The second-order valence-corrected chi connectivity index (χ2v) is 4.40. The van der Waals surface area contributed by atoms with Crippen LogP contribution in [0.3, 0.4) is 0 Å². The van der Waals surface area contributed by atoms with E-state index in [2.05, 4.69) is 20.3 Å². The number of aromatic nitrogens is 3. The summed E-state index contributed by atoms with van der Waals surface area (Å²) >= 11 is 1.62. The normalized spacial score (nSPS) is 9.75. The molecule has 0 aromatic carbocycles. The van der Waals surface area contributed by atoms with Crippen molar-refractivity contribution in [1.82, 2.24) is 15.0 Å². The number of aryl methyl sites for hydroxylation is 1. The van der Waals surface area contributed by atoms with Crippen LogP contribution in [0.4, 0.5) is 5.82 Å². The molecule has 6 heteroatoms. The van der Waals surface area contributed by atoms with Gasteiger partial charge in [-0.1, -0.05) is 0 Å². The number of thiazole rings is 1. The predicted octanol–water partition coefficient (Wildman–Crippen LogP) is 1.73. The van der Waals surface area contributed by atoms with Gasteiger partial charge in [-0.2, -0.15) is 5.26 Å². The lowest BCUT2D eigenvalue weighted by Crippen LogP contribution is -2.03. The van der Waals surface area contributed by atoms with Crippen molar-refractivity contribution in [2.75, 3.05) is 5.32 Å². The van der Waals surface area contributed by atoms with Gasteiger partial charge in [-0.3, -0.25) is 0 Å². The van der Waals surface area contributed by atoms with E-state index < -0.39 is 0 Å². The van der Waals surface area contributed by atoms with Crippen LogP contribution in [-0.2, 0) is 6.54 Å². The summed E-state index contributed by atoms with van der Waals surface area (Å²) < 4.78 is 0. The van der Waals surface area contributed by atoms with Gasteiger partial charge in [0.05, 0.1) is 6.54 Å². The SMILES string of the molecule is Cc1cnc(CNc2nccnc2C#N)s1. The van der Waals surface area contributed by atoms with Crippen molar-refractivity contribution in [3.8, 4) is 6.07 Å². The molecule has 0 atom stereocenters. The van der Waals surface area contributed by atoms with Crippen molar-refractivity contribution in [3.05, 3.63) is 34.2 Å². The number of hydrogen-bond acceptors (Lipinski definition) is 6. The summed E-state index contributed by atoms with van der Waals surface area (Å²) in [6.45, 7) is 2.57. The van der Waals surface area contributed by atoms with Gasteiger partial charge in [0.25, 0.3) is 0 Å². The maximum Gasteiger partial charge on any atom is 0.182 e. The van der Waals surface area contributed by atoms with E-state index in [1.54, 1.807) is 17.5 Å². The number of rotatable bonds is 3. The van der Waals surface area contributed by atoms with Crippen LogP contribution < -0.4 is 5.32 Å². The molecular formula is C10H9N5S. The van der Waals surface area contributed by atoms with Crippen molar-refractivity contribution in [2.45, 2.75) is 13.5 Å². The van der Waals surface area contributed by atoms with Gasteiger partial charge in [0.2, 0.25) is 0 Å². The first-order valence-corrected chi connectivity index (χ1v) is 5.47. The van der Waals surface area contributed by atoms with Gasteiger partial charge < -0.3 is 5.32 Å². The molecule has 0 bridgehead atoms. The summed E-state index contributed by atoms with van der Waals surface area (Å²) in [5.74, 6) is 0.498. The first-order valence-electron chi connectivity index (χ1n) is 4.66. The van der Waals surface area contributed by atoms with Crippen LogP contribution in [-0.4, -0.2) is 15.0 Å². The van der Waals surface area contributed by atoms with Crippen molar-refractivity contribution in [3.63, 3.8) is 0 Å². The molecule has 2 heterocycles. The van der Waals surface area contributed by atoms with E-state index in [9.17, 15) is 0 Å². The molecule has 5 nitrogen and oxygen atoms in total. The average Bonchev–Trinajstić information content (AvgIpc) is 2.73. The van der Waals surface area contributed by atoms with Crippen LogP contribution >= 0.6 is 11.3 Å². The van der Waals surface area contributed by atoms with E-state index >= 15 is 0 Å². The van der Waals surface area contributed by atoms with E-state index in [1.165, 1.54) is 6.20 Å². The highest BCUT2D eigenvalue weighted by Gasteiger charge is 2.04. The minimum atomic E-state index is 0.302. The fraction of sp³-hybridized carbons (Fsp3) is 0.200. The topological polar surface area (TPSA) is 74.5 Å². The van der Waals surface area contributed by atoms with E-state index in [4.69, 9.17) is 5.26 Å². The summed E-state index contributed by atoms with van der Waals surface area (Å²) in [5, 5.41) is 12.8. The standard InChI is InChI=1S/C10H9N5S/c1-7-5-14-9(16-7)6-15-10-8(4-11)12-2-3-13-10/h2-3,5H,6H2,1H3,(H,13,15). The fourth-order valence-corrected chi connectivity index (χ4v) is 1.92. The molecule has 0 amide bonds. The Morgan fingerprint density at radius 1 is 1.38 bits per heavy atom. The molecule has 0 unspecified atom stereocenters. The van der Waals surface area contributed by atoms with Crippen molar-refractivity contribution in [1.29, 1.82) is 5.26 Å². The lowest BCUT2D eigenvalue weighted by molar-refractivity contribution is 1.05. The molecule has 0 spiro atoms. The van der Waals surface area contributed by atoms with Gasteiger partial charge in [0.1, 0.15) is 11.1 Å². The first kappa shape index (κ1) is 10.5. The molecule has 0 saturated carbocycles. The molecule has 80 valence electrons. The molecule has 1 N–H and O–H groups in total. The molecule has 0 radical (unpaired) electrons. The molecule has 0 saturated heterocycles. The number of nitrogens with one attached hydrogen (secondary N) is 1. The third-order valence-corrected chi connectivity index (χ3v) is 2.79. The highest BCUT2D eigenvalue weighted by atomic mass is 32.1. The zero-order valence-electron chi connectivity index (χ0n) is 8.64. The molecular weight excluding hydrogens is 222 g/mol. The number of nitrogens with zero attached hydrogens (tertiary/aromatic N) is 4. The van der Waals surface area contributed by atoms with Crippen LogP contribution in [0.1, 0.15) is 15.6 Å². The Kier molecular flexibility index (Phi) is 3.08. The molecule has 0 aliphatic rings. The van der Waals surface area contributed by atoms with Gasteiger partial charge in [-0.15, -0.1) is 11.3 Å².